The van der Waals surface area contributed by atoms with Gasteiger partial charge in [-0.15, -0.1) is 0 Å². The number of nitrogens with zero attached hydrogens (tertiary/aromatic N) is 2. The summed E-state index contributed by atoms with van der Waals surface area (Å²) in [5, 5.41) is 2.77. The predicted molar refractivity (Wildman–Crippen MR) is 117 cm³/mol. The van der Waals surface area contributed by atoms with Crippen LogP contribution in [0.4, 0.5) is 4.39 Å². The quantitative estimate of drug-likeness (QED) is 0.689. The number of benzene rings is 2. The van der Waals surface area contributed by atoms with E-state index in [1.807, 2.05) is 24.3 Å². The topological polar surface area (TPSA) is 62.3 Å². The van der Waals surface area contributed by atoms with Gasteiger partial charge in [0.05, 0.1) is 5.41 Å². The zero-order valence-corrected chi connectivity index (χ0v) is 17.3. The van der Waals surface area contributed by atoms with Crippen molar-refractivity contribution in [3.05, 3.63) is 90.0 Å². The lowest BCUT2D eigenvalue weighted by Crippen LogP contribution is -2.44. The summed E-state index contributed by atoms with van der Waals surface area (Å²) in [7, 11) is 1.61. The number of pyridine rings is 1. The number of carbonyl (C=O) groups is 2. The van der Waals surface area contributed by atoms with Gasteiger partial charge in [-0.25, -0.2) is 4.39 Å². The highest BCUT2D eigenvalue weighted by atomic mass is 19.1. The minimum absolute atomic E-state index is 0.118. The second kappa shape index (κ2) is 8.68. The zero-order chi connectivity index (χ0) is 21.8. The lowest BCUT2D eigenvalue weighted by atomic mass is 9.78. The van der Waals surface area contributed by atoms with E-state index in [4.69, 9.17) is 0 Å². The smallest absolute Gasteiger partial charge is 0.272 e. The first-order valence-corrected chi connectivity index (χ1v) is 10.3. The standard InChI is InChI=1S/C25H24FN3O2/c1-27-24(31)25(13-15-29(17-25)23(30)22-12-6-7-14-28-22)16-18-8-2-3-9-19(18)20-10-4-5-11-21(20)26/h2-12,14H,13,15-17H2,1H3,(H,27,31)/t25-/m1/s1. The van der Waals surface area contributed by atoms with Crippen molar-refractivity contribution in [3.63, 3.8) is 0 Å². The maximum atomic E-state index is 14.5. The summed E-state index contributed by atoms with van der Waals surface area (Å²) < 4.78 is 14.5. The molecule has 0 unspecified atom stereocenters. The third-order valence-electron chi connectivity index (χ3n) is 5.94. The van der Waals surface area contributed by atoms with Crippen LogP contribution in [0.3, 0.4) is 0 Å². The van der Waals surface area contributed by atoms with Crippen molar-refractivity contribution in [1.29, 1.82) is 0 Å². The number of nitrogens with one attached hydrogen (secondary N) is 1. The molecule has 0 spiro atoms. The maximum absolute atomic E-state index is 14.5. The molecule has 2 aromatic carbocycles. The number of halogens is 1. The fraction of sp³-hybridized carbons (Fsp3) is 0.240. The Labute approximate surface area is 180 Å². The van der Waals surface area contributed by atoms with Gasteiger partial charge in [0.15, 0.2) is 0 Å². The highest BCUT2D eigenvalue weighted by Crippen LogP contribution is 2.38. The highest BCUT2D eigenvalue weighted by Gasteiger charge is 2.46. The third kappa shape index (κ3) is 4.06. The first-order chi connectivity index (χ1) is 15.0. The maximum Gasteiger partial charge on any atom is 0.272 e. The number of amides is 2. The van der Waals surface area contributed by atoms with Crippen molar-refractivity contribution >= 4 is 11.8 Å². The molecule has 6 heteroatoms. The molecule has 1 N–H and O–H groups in total. The number of aromatic nitrogens is 1. The van der Waals surface area contributed by atoms with Crippen molar-refractivity contribution in [1.82, 2.24) is 15.2 Å². The molecule has 2 amide bonds. The van der Waals surface area contributed by atoms with Crippen LogP contribution in [-0.4, -0.2) is 41.8 Å². The highest BCUT2D eigenvalue weighted by molar-refractivity contribution is 5.94. The molecule has 1 aliphatic heterocycles. The summed E-state index contributed by atoms with van der Waals surface area (Å²) in [6.07, 6.45) is 2.51. The molecule has 5 nitrogen and oxygen atoms in total. The van der Waals surface area contributed by atoms with Gasteiger partial charge in [-0.1, -0.05) is 48.5 Å². The van der Waals surface area contributed by atoms with Crippen LogP contribution in [0, 0.1) is 11.2 Å². The van der Waals surface area contributed by atoms with Crippen LogP contribution in [0.2, 0.25) is 0 Å². The third-order valence-corrected chi connectivity index (χ3v) is 5.94. The second-order valence-electron chi connectivity index (χ2n) is 7.86. The SMILES string of the molecule is CNC(=O)[C@@]1(Cc2ccccc2-c2ccccc2F)CCN(C(=O)c2ccccn2)C1. The van der Waals surface area contributed by atoms with Gasteiger partial charge in [0, 0.05) is 31.9 Å². The van der Waals surface area contributed by atoms with Gasteiger partial charge >= 0.3 is 0 Å². The summed E-state index contributed by atoms with van der Waals surface area (Å²) in [5.41, 5.74) is 1.72. The van der Waals surface area contributed by atoms with Gasteiger partial charge < -0.3 is 10.2 Å². The fourth-order valence-electron chi connectivity index (χ4n) is 4.35. The number of likely N-dealkylation sites (tertiary alicyclic amines) is 1. The van der Waals surface area contributed by atoms with E-state index in [2.05, 4.69) is 10.3 Å². The molecule has 1 aromatic heterocycles. The normalized spacial score (nSPS) is 18.1. The Bertz CT molecular complexity index is 1100. The average molecular weight is 417 g/mol. The predicted octanol–water partition coefficient (Wildman–Crippen LogP) is 3.71. The molecule has 2 heterocycles. The van der Waals surface area contributed by atoms with Crippen molar-refractivity contribution in [2.45, 2.75) is 12.8 Å². The van der Waals surface area contributed by atoms with E-state index < -0.39 is 5.41 Å². The molecule has 1 saturated heterocycles. The van der Waals surface area contributed by atoms with Crippen LogP contribution in [0.25, 0.3) is 11.1 Å². The van der Waals surface area contributed by atoms with E-state index in [1.165, 1.54) is 6.07 Å². The fourth-order valence-corrected chi connectivity index (χ4v) is 4.35. The van der Waals surface area contributed by atoms with Crippen LogP contribution in [-0.2, 0) is 11.2 Å². The molecule has 3 aromatic rings. The molecular formula is C25H24FN3O2. The monoisotopic (exact) mass is 417 g/mol. The first kappa shape index (κ1) is 20.7. The van der Waals surface area contributed by atoms with Crippen molar-refractivity contribution in [2.24, 2.45) is 5.41 Å². The van der Waals surface area contributed by atoms with Gasteiger partial charge in [-0.2, -0.15) is 0 Å². The Hall–Kier alpha value is -3.54. The van der Waals surface area contributed by atoms with E-state index >= 15 is 0 Å². The van der Waals surface area contributed by atoms with Crippen molar-refractivity contribution < 1.29 is 14.0 Å². The van der Waals surface area contributed by atoms with Gasteiger partial charge in [-0.05, 0) is 42.2 Å². The lowest BCUT2D eigenvalue weighted by molar-refractivity contribution is -0.129. The van der Waals surface area contributed by atoms with E-state index in [0.29, 0.717) is 30.6 Å². The van der Waals surface area contributed by atoms with Crippen molar-refractivity contribution in [2.75, 3.05) is 20.1 Å². The minimum atomic E-state index is -0.791. The van der Waals surface area contributed by atoms with Crippen LogP contribution in [0.5, 0.6) is 0 Å². The second-order valence-corrected chi connectivity index (χ2v) is 7.86. The number of hydrogen-bond donors (Lipinski definition) is 1. The zero-order valence-electron chi connectivity index (χ0n) is 17.3. The molecule has 0 aliphatic carbocycles. The molecule has 4 rings (SSSR count). The average Bonchev–Trinajstić information content (AvgIpc) is 3.24. The summed E-state index contributed by atoms with van der Waals surface area (Å²) in [5.74, 6) is -0.608. The van der Waals surface area contributed by atoms with Gasteiger partial charge in [0.25, 0.3) is 5.91 Å². The van der Waals surface area contributed by atoms with Crippen molar-refractivity contribution in [3.8, 4) is 11.1 Å². The number of hydrogen-bond acceptors (Lipinski definition) is 3. The number of carbonyl (C=O) groups excluding carboxylic acids is 2. The van der Waals surface area contributed by atoms with Gasteiger partial charge in [-0.3, -0.25) is 14.6 Å². The Kier molecular flexibility index (Phi) is 5.80. The summed E-state index contributed by atoms with van der Waals surface area (Å²) in [6.45, 7) is 0.748. The van der Waals surface area contributed by atoms with Crippen LogP contribution < -0.4 is 5.32 Å². The molecular weight excluding hydrogens is 393 g/mol. The van der Waals surface area contributed by atoms with E-state index in [9.17, 15) is 14.0 Å². The molecule has 0 bridgehead atoms. The van der Waals surface area contributed by atoms with Gasteiger partial charge in [0.2, 0.25) is 5.91 Å². The molecule has 1 atom stereocenters. The van der Waals surface area contributed by atoms with E-state index in [1.54, 1.807) is 54.5 Å². The Morgan fingerprint density at radius 3 is 2.45 bits per heavy atom. The summed E-state index contributed by atoms with van der Waals surface area (Å²) >= 11 is 0. The molecule has 0 radical (unpaired) electrons. The Morgan fingerprint density at radius 1 is 1.03 bits per heavy atom. The first-order valence-electron chi connectivity index (χ1n) is 10.3. The molecule has 158 valence electrons. The summed E-state index contributed by atoms with van der Waals surface area (Å²) in [6, 6.07) is 19.4. The van der Waals surface area contributed by atoms with Crippen LogP contribution in [0.15, 0.2) is 72.9 Å². The molecule has 0 saturated carbocycles. The summed E-state index contributed by atoms with van der Waals surface area (Å²) in [4.78, 5) is 31.8. The van der Waals surface area contributed by atoms with E-state index in [-0.39, 0.29) is 24.2 Å². The Morgan fingerprint density at radius 2 is 1.74 bits per heavy atom. The number of rotatable bonds is 5. The lowest BCUT2D eigenvalue weighted by Gasteiger charge is -2.28. The van der Waals surface area contributed by atoms with Crippen LogP contribution >= 0.6 is 0 Å². The molecule has 1 aliphatic rings. The largest absolute Gasteiger partial charge is 0.359 e. The van der Waals surface area contributed by atoms with E-state index in [0.717, 1.165) is 11.1 Å². The van der Waals surface area contributed by atoms with Gasteiger partial charge in [0.1, 0.15) is 11.5 Å². The molecule has 31 heavy (non-hydrogen) atoms. The Balaban J connectivity index is 1.66. The minimum Gasteiger partial charge on any atom is -0.359 e. The molecule has 1 fully saturated rings. The van der Waals surface area contributed by atoms with Crippen LogP contribution in [0.1, 0.15) is 22.5 Å².